The first-order valence-electron chi connectivity index (χ1n) is 7.35. The predicted octanol–water partition coefficient (Wildman–Crippen LogP) is -6.74. The molecule has 0 aromatic carbocycles. The van der Waals surface area contributed by atoms with E-state index in [1.54, 1.807) is 7.05 Å². The Balaban J connectivity index is 0. The molecule has 152 valence electrons. The van der Waals surface area contributed by atoms with Gasteiger partial charge in [-0.15, -0.1) is 0 Å². The highest BCUT2D eigenvalue weighted by molar-refractivity contribution is 5.56. The molecule has 12 nitrogen and oxygen atoms in total. The quantitative estimate of drug-likeness (QED) is 0.151. The van der Waals surface area contributed by atoms with E-state index in [0.717, 1.165) is 0 Å². The van der Waals surface area contributed by atoms with E-state index in [1.807, 2.05) is 0 Å². The van der Waals surface area contributed by atoms with Crippen LogP contribution in [0.15, 0.2) is 0 Å². The Bertz CT molecular complexity index is 335. The lowest BCUT2D eigenvalue weighted by Gasteiger charge is -2.25. The third-order valence-electron chi connectivity index (χ3n) is 3.16. The van der Waals surface area contributed by atoms with E-state index in [-0.39, 0.29) is 12.8 Å². The minimum atomic E-state index is -1.79. The molecule has 8 unspecified atom stereocenters. The summed E-state index contributed by atoms with van der Waals surface area (Å²) in [5.41, 5.74) is 0. The molecule has 12 heteroatoms. The zero-order valence-corrected chi connectivity index (χ0v) is 13.7. The SMILES string of the molecule is CNCC(O)C(O)C(O)C(O)CO.O=CC(O)C(O)C(O)C(O)CO. The van der Waals surface area contributed by atoms with Crippen LogP contribution in [0, 0.1) is 0 Å². The number of carbonyl (C=O) groups excluding carboxylic acids is 1. The summed E-state index contributed by atoms with van der Waals surface area (Å²) in [6, 6.07) is 0. The van der Waals surface area contributed by atoms with Crippen molar-refractivity contribution in [3.05, 3.63) is 0 Å². The molecule has 0 spiro atoms. The van der Waals surface area contributed by atoms with Crippen LogP contribution in [-0.2, 0) is 4.79 Å². The van der Waals surface area contributed by atoms with Crippen molar-refractivity contribution in [3.8, 4) is 0 Å². The summed E-state index contributed by atoms with van der Waals surface area (Å²) >= 11 is 0. The van der Waals surface area contributed by atoms with Crippen LogP contribution in [0.1, 0.15) is 0 Å². The third-order valence-corrected chi connectivity index (χ3v) is 3.16. The maximum Gasteiger partial charge on any atom is 0.151 e. The second-order valence-electron chi connectivity index (χ2n) is 5.21. The van der Waals surface area contributed by atoms with Gasteiger partial charge in [0.1, 0.15) is 42.7 Å². The van der Waals surface area contributed by atoms with Gasteiger partial charge in [0.15, 0.2) is 6.29 Å². The summed E-state index contributed by atoms with van der Waals surface area (Å²) in [4.78, 5) is 9.90. The summed E-state index contributed by atoms with van der Waals surface area (Å²) in [6.07, 6.45) is -12.5. The minimum absolute atomic E-state index is 0.0258. The molecule has 0 saturated carbocycles. The van der Waals surface area contributed by atoms with Gasteiger partial charge in [-0.3, -0.25) is 0 Å². The first-order valence-corrected chi connectivity index (χ1v) is 7.35. The molecule has 11 N–H and O–H groups in total. The fourth-order valence-corrected chi connectivity index (χ4v) is 1.51. The molecule has 0 aromatic rings. The average Bonchev–Trinajstić information content (AvgIpc) is 2.63. The number of hydrogen-bond acceptors (Lipinski definition) is 12. The fraction of sp³-hybridized carbons (Fsp3) is 0.923. The van der Waals surface area contributed by atoms with Crippen molar-refractivity contribution in [2.24, 2.45) is 0 Å². The molecule has 25 heavy (non-hydrogen) atoms. The smallest absolute Gasteiger partial charge is 0.151 e. The van der Waals surface area contributed by atoms with Gasteiger partial charge in [-0.2, -0.15) is 0 Å². The van der Waals surface area contributed by atoms with E-state index in [2.05, 4.69) is 5.32 Å². The van der Waals surface area contributed by atoms with Crippen LogP contribution in [0.4, 0.5) is 0 Å². The molecule has 0 aliphatic carbocycles. The number of rotatable bonds is 11. The van der Waals surface area contributed by atoms with E-state index in [9.17, 15) is 9.90 Å². The maximum absolute atomic E-state index is 9.90. The highest BCUT2D eigenvalue weighted by Gasteiger charge is 2.30. The van der Waals surface area contributed by atoms with Gasteiger partial charge < -0.3 is 61.2 Å². The molecular weight excluding hydrogens is 346 g/mol. The number of carbonyl (C=O) groups is 1. The van der Waals surface area contributed by atoms with Crippen molar-refractivity contribution in [1.82, 2.24) is 5.32 Å². The minimum Gasteiger partial charge on any atom is -0.394 e. The number of likely N-dealkylation sites (N-methyl/N-ethyl adjacent to an activating group) is 1. The topological polar surface area (TPSA) is 231 Å². The lowest BCUT2D eigenvalue weighted by molar-refractivity contribution is -0.136. The second kappa shape index (κ2) is 14.4. The van der Waals surface area contributed by atoms with Crippen LogP contribution >= 0.6 is 0 Å². The molecular formula is C13H29NO11. The molecule has 0 fully saturated rings. The normalized spacial score (nSPS) is 20.9. The second-order valence-corrected chi connectivity index (χ2v) is 5.21. The average molecular weight is 375 g/mol. The van der Waals surface area contributed by atoms with Crippen molar-refractivity contribution >= 4 is 6.29 Å². The Hall–Kier alpha value is -0.770. The standard InChI is InChI=1S/C7H17NO5.C6H12O6/c1-8-2-4(10)6(12)7(13)5(11)3-9;7-1-3(9)5(11)6(12)4(10)2-8/h4-13H,2-3H2,1H3;1,3-6,8-12H,2H2. The van der Waals surface area contributed by atoms with E-state index in [0.29, 0.717) is 0 Å². The number of aliphatic hydroxyl groups excluding tert-OH is 10. The van der Waals surface area contributed by atoms with E-state index in [4.69, 9.17) is 46.0 Å². The molecule has 0 amide bonds. The number of nitrogens with one attached hydrogen (secondary N) is 1. The zero-order valence-electron chi connectivity index (χ0n) is 13.7. The Morgan fingerprint density at radius 2 is 1.08 bits per heavy atom. The molecule has 8 atom stereocenters. The molecule has 0 rings (SSSR count). The van der Waals surface area contributed by atoms with Crippen molar-refractivity contribution in [2.45, 2.75) is 48.8 Å². The lowest BCUT2D eigenvalue weighted by Crippen LogP contribution is -2.48. The van der Waals surface area contributed by atoms with Gasteiger partial charge in [-0.25, -0.2) is 0 Å². The largest absolute Gasteiger partial charge is 0.394 e. The fourth-order valence-electron chi connectivity index (χ4n) is 1.51. The summed E-state index contributed by atoms with van der Waals surface area (Å²) < 4.78 is 0. The molecule has 0 aliphatic heterocycles. The Morgan fingerprint density at radius 3 is 1.40 bits per heavy atom. The first-order chi connectivity index (χ1) is 11.6. The molecule has 0 heterocycles. The molecule has 0 saturated heterocycles. The number of aliphatic hydroxyl groups is 10. The Labute approximate surface area is 144 Å². The Kier molecular flexibility index (Phi) is 15.2. The lowest BCUT2D eigenvalue weighted by atomic mass is 10.0. The third kappa shape index (κ3) is 10.1. The summed E-state index contributed by atoms with van der Waals surface area (Å²) in [5, 5.41) is 91.0. The molecule has 0 bridgehead atoms. The highest BCUT2D eigenvalue weighted by atomic mass is 16.4. The zero-order chi connectivity index (χ0) is 20.2. The van der Waals surface area contributed by atoms with Gasteiger partial charge in [-0.05, 0) is 7.05 Å². The summed E-state index contributed by atoms with van der Waals surface area (Å²) in [6.45, 7) is -1.33. The van der Waals surface area contributed by atoms with Gasteiger partial charge in [0.25, 0.3) is 0 Å². The van der Waals surface area contributed by atoms with Crippen LogP contribution < -0.4 is 5.32 Å². The summed E-state index contributed by atoms with van der Waals surface area (Å²) in [5.74, 6) is 0. The van der Waals surface area contributed by atoms with E-state index >= 15 is 0 Å². The summed E-state index contributed by atoms with van der Waals surface area (Å²) in [7, 11) is 1.57. The monoisotopic (exact) mass is 375 g/mol. The molecule has 0 aromatic heterocycles. The first kappa shape index (κ1) is 26.5. The van der Waals surface area contributed by atoms with Crippen molar-refractivity contribution in [2.75, 3.05) is 26.8 Å². The van der Waals surface area contributed by atoms with Gasteiger partial charge in [0.2, 0.25) is 0 Å². The van der Waals surface area contributed by atoms with Crippen LogP contribution in [0.3, 0.4) is 0 Å². The predicted molar refractivity (Wildman–Crippen MR) is 82.2 cm³/mol. The Morgan fingerprint density at radius 1 is 0.720 bits per heavy atom. The van der Waals surface area contributed by atoms with Gasteiger partial charge >= 0.3 is 0 Å². The van der Waals surface area contributed by atoms with Crippen molar-refractivity contribution < 1.29 is 55.9 Å². The van der Waals surface area contributed by atoms with Crippen LogP contribution in [0.5, 0.6) is 0 Å². The van der Waals surface area contributed by atoms with Crippen molar-refractivity contribution in [3.63, 3.8) is 0 Å². The van der Waals surface area contributed by atoms with Crippen molar-refractivity contribution in [1.29, 1.82) is 0 Å². The molecule has 0 radical (unpaired) electrons. The molecule has 0 aliphatic rings. The van der Waals surface area contributed by atoms with Crippen LogP contribution in [0.25, 0.3) is 0 Å². The number of hydrogen-bond donors (Lipinski definition) is 11. The van der Waals surface area contributed by atoms with Gasteiger partial charge in [0.05, 0.1) is 19.3 Å². The van der Waals surface area contributed by atoms with E-state index in [1.165, 1.54) is 0 Å². The maximum atomic E-state index is 9.90. The van der Waals surface area contributed by atoms with E-state index < -0.39 is 62.0 Å². The van der Waals surface area contributed by atoms with Crippen LogP contribution in [0.2, 0.25) is 0 Å². The highest BCUT2D eigenvalue weighted by Crippen LogP contribution is 2.04. The van der Waals surface area contributed by atoms with Gasteiger partial charge in [0, 0.05) is 6.54 Å². The van der Waals surface area contributed by atoms with Crippen LogP contribution in [-0.4, -0.2) is 133 Å². The van der Waals surface area contributed by atoms with Gasteiger partial charge in [-0.1, -0.05) is 0 Å². The number of aldehydes is 1.